The number of aldehydes is 1. The maximum absolute atomic E-state index is 10.9. The van der Waals surface area contributed by atoms with Crippen LogP contribution in [0.1, 0.15) is 15.9 Å². The molecule has 0 heterocycles. The van der Waals surface area contributed by atoms with Crippen molar-refractivity contribution in [3.05, 3.63) is 27.7 Å². The second-order valence-corrected chi connectivity index (χ2v) is 3.67. The number of methoxy groups -OCH3 is 1. The second-order valence-electron chi connectivity index (χ2n) is 2.81. The lowest BCUT2D eigenvalue weighted by atomic mass is 10.1. The molecule has 0 saturated heterocycles. The van der Waals surface area contributed by atoms with E-state index in [1.165, 1.54) is 7.11 Å². The molecule has 0 aliphatic heterocycles. The molecule has 0 aliphatic rings. The summed E-state index contributed by atoms with van der Waals surface area (Å²) >= 11 is 3.19. The summed E-state index contributed by atoms with van der Waals surface area (Å²) in [6, 6.07) is 3.27. The first-order chi connectivity index (χ1) is 7.60. The third kappa shape index (κ3) is 2.73. The summed E-state index contributed by atoms with van der Waals surface area (Å²) in [5.41, 5.74) is 0.717. The third-order valence-electron chi connectivity index (χ3n) is 1.94. The Kier molecular flexibility index (Phi) is 4.30. The molecule has 86 valence electrons. The fourth-order valence-electron chi connectivity index (χ4n) is 1.22. The Morgan fingerprint density at radius 2 is 2.25 bits per heavy atom. The molecule has 0 atom stereocenters. The van der Waals surface area contributed by atoms with Crippen molar-refractivity contribution in [3.8, 4) is 5.75 Å². The van der Waals surface area contributed by atoms with E-state index in [2.05, 4.69) is 20.7 Å². The SMILES string of the molecule is COc1ccc(Br)c(C=O)c1COC(=O)O. The maximum Gasteiger partial charge on any atom is 0.506 e. The van der Waals surface area contributed by atoms with Crippen molar-refractivity contribution in [2.45, 2.75) is 6.61 Å². The smallest absolute Gasteiger partial charge is 0.496 e. The molecule has 0 saturated carbocycles. The molecule has 0 aliphatic carbocycles. The van der Waals surface area contributed by atoms with E-state index in [1.54, 1.807) is 12.1 Å². The van der Waals surface area contributed by atoms with Gasteiger partial charge in [0.05, 0.1) is 7.11 Å². The normalized spacial score (nSPS) is 9.62. The number of rotatable bonds is 4. The molecule has 1 N–H and O–H groups in total. The van der Waals surface area contributed by atoms with E-state index in [0.717, 1.165) is 0 Å². The van der Waals surface area contributed by atoms with Crippen molar-refractivity contribution in [2.24, 2.45) is 0 Å². The van der Waals surface area contributed by atoms with Gasteiger partial charge in [-0.05, 0) is 12.1 Å². The van der Waals surface area contributed by atoms with Gasteiger partial charge in [0.1, 0.15) is 12.4 Å². The lowest BCUT2D eigenvalue weighted by Crippen LogP contribution is -2.05. The van der Waals surface area contributed by atoms with Crippen LogP contribution < -0.4 is 4.74 Å². The van der Waals surface area contributed by atoms with Crippen molar-refractivity contribution in [1.82, 2.24) is 0 Å². The maximum atomic E-state index is 10.9. The van der Waals surface area contributed by atoms with Gasteiger partial charge in [-0.2, -0.15) is 0 Å². The highest BCUT2D eigenvalue weighted by molar-refractivity contribution is 9.10. The van der Waals surface area contributed by atoms with E-state index < -0.39 is 6.16 Å². The Hall–Kier alpha value is -1.56. The molecule has 0 aromatic heterocycles. The van der Waals surface area contributed by atoms with Crippen molar-refractivity contribution in [3.63, 3.8) is 0 Å². The number of benzene rings is 1. The van der Waals surface area contributed by atoms with Crippen LogP contribution in [0, 0.1) is 0 Å². The van der Waals surface area contributed by atoms with E-state index in [-0.39, 0.29) is 6.61 Å². The first kappa shape index (κ1) is 12.5. The number of hydrogen-bond donors (Lipinski definition) is 1. The Bertz CT molecular complexity index is 416. The number of carbonyl (C=O) groups excluding carboxylic acids is 1. The van der Waals surface area contributed by atoms with E-state index in [1.807, 2.05) is 0 Å². The molecule has 16 heavy (non-hydrogen) atoms. The highest BCUT2D eigenvalue weighted by Crippen LogP contribution is 2.28. The van der Waals surface area contributed by atoms with Crippen LogP contribution in [-0.4, -0.2) is 24.7 Å². The van der Waals surface area contributed by atoms with Crippen molar-refractivity contribution in [1.29, 1.82) is 0 Å². The lowest BCUT2D eigenvalue weighted by molar-refractivity contribution is 0.0840. The Morgan fingerprint density at radius 3 is 2.75 bits per heavy atom. The van der Waals surface area contributed by atoms with Crippen molar-refractivity contribution < 1.29 is 24.2 Å². The molecule has 0 unspecified atom stereocenters. The lowest BCUT2D eigenvalue weighted by Gasteiger charge is -2.11. The first-order valence-corrected chi connectivity index (χ1v) is 5.05. The Morgan fingerprint density at radius 1 is 1.56 bits per heavy atom. The molecule has 0 fully saturated rings. The first-order valence-electron chi connectivity index (χ1n) is 4.26. The van der Waals surface area contributed by atoms with Gasteiger partial charge in [0.15, 0.2) is 6.29 Å². The van der Waals surface area contributed by atoms with Crippen LogP contribution in [0.2, 0.25) is 0 Å². The minimum Gasteiger partial charge on any atom is -0.496 e. The average molecular weight is 289 g/mol. The van der Waals surface area contributed by atoms with Crippen LogP contribution in [0.5, 0.6) is 5.75 Å². The van der Waals surface area contributed by atoms with Gasteiger partial charge in [0.2, 0.25) is 0 Å². The number of carbonyl (C=O) groups is 2. The predicted octanol–water partition coefficient (Wildman–Crippen LogP) is 2.46. The number of ether oxygens (including phenoxy) is 2. The van der Waals surface area contributed by atoms with E-state index >= 15 is 0 Å². The number of carboxylic acid groups (broad SMARTS) is 1. The third-order valence-corrected chi connectivity index (χ3v) is 2.63. The van der Waals surface area contributed by atoms with Crippen molar-refractivity contribution >= 4 is 28.4 Å². The van der Waals surface area contributed by atoms with Gasteiger partial charge in [-0.3, -0.25) is 4.79 Å². The summed E-state index contributed by atoms with van der Waals surface area (Å²) in [4.78, 5) is 21.2. The predicted molar refractivity (Wildman–Crippen MR) is 58.9 cm³/mol. The Balaban J connectivity index is 3.14. The largest absolute Gasteiger partial charge is 0.506 e. The standard InChI is InChI=1S/C10H9BrO5/c1-15-9-3-2-8(11)6(4-12)7(9)5-16-10(13)14/h2-4H,5H2,1H3,(H,13,14). The van der Waals surface area contributed by atoms with Crippen molar-refractivity contribution in [2.75, 3.05) is 7.11 Å². The Labute approximate surface area is 100 Å². The van der Waals surface area contributed by atoms with Crippen LogP contribution >= 0.6 is 15.9 Å². The quantitative estimate of drug-likeness (QED) is 0.681. The van der Waals surface area contributed by atoms with Crippen LogP contribution in [0.15, 0.2) is 16.6 Å². The molecule has 0 spiro atoms. The zero-order valence-corrected chi connectivity index (χ0v) is 9.98. The monoisotopic (exact) mass is 288 g/mol. The minimum absolute atomic E-state index is 0.230. The van der Waals surface area contributed by atoms with E-state index in [4.69, 9.17) is 9.84 Å². The average Bonchev–Trinajstić information content (AvgIpc) is 2.26. The molecule has 5 nitrogen and oxygen atoms in total. The molecular formula is C10H9BrO5. The minimum atomic E-state index is -1.40. The van der Waals surface area contributed by atoms with Gasteiger partial charge in [0.25, 0.3) is 0 Å². The molecule has 1 aromatic carbocycles. The summed E-state index contributed by atoms with van der Waals surface area (Å²) < 4.78 is 10.0. The summed E-state index contributed by atoms with van der Waals surface area (Å²) in [7, 11) is 1.43. The van der Waals surface area contributed by atoms with E-state index in [0.29, 0.717) is 27.6 Å². The zero-order chi connectivity index (χ0) is 12.1. The topological polar surface area (TPSA) is 72.8 Å². The van der Waals surface area contributed by atoms with Crippen LogP contribution in [0.25, 0.3) is 0 Å². The van der Waals surface area contributed by atoms with Gasteiger partial charge in [-0.25, -0.2) is 4.79 Å². The van der Waals surface area contributed by atoms with Crippen LogP contribution in [0.3, 0.4) is 0 Å². The molecule has 0 bridgehead atoms. The molecule has 1 aromatic rings. The fraction of sp³-hybridized carbons (Fsp3) is 0.200. The van der Waals surface area contributed by atoms with Crippen LogP contribution in [-0.2, 0) is 11.3 Å². The van der Waals surface area contributed by atoms with Gasteiger partial charge < -0.3 is 14.6 Å². The summed E-state index contributed by atoms with van der Waals surface area (Å²) in [6.45, 7) is -0.230. The summed E-state index contributed by atoms with van der Waals surface area (Å²) in [5, 5.41) is 8.41. The molecule has 1 rings (SSSR count). The second kappa shape index (κ2) is 5.50. The molecular weight excluding hydrogens is 280 g/mol. The van der Waals surface area contributed by atoms with Crippen LogP contribution in [0.4, 0.5) is 4.79 Å². The highest BCUT2D eigenvalue weighted by atomic mass is 79.9. The fourth-order valence-corrected chi connectivity index (χ4v) is 1.68. The number of halogens is 1. The number of hydrogen-bond acceptors (Lipinski definition) is 4. The molecule has 0 radical (unpaired) electrons. The van der Waals surface area contributed by atoms with Gasteiger partial charge in [-0.15, -0.1) is 0 Å². The summed E-state index contributed by atoms with van der Waals surface area (Å²) in [6.07, 6.45) is -0.786. The van der Waals surface area contributed by atoms with Gasteiger partial charge in [-0.1, -0.05) is 15.9 Å². The van der Waals surface area contributed by atoms with Gasteiger partial charge >= 0.3 is 6.16 Å². The highest BCUT2D eigenvalue weighted by Gasteiger charge is 2.14. The van der Waals surface area contributed by atoms with Gasteiger partial charge in [0, 0.05) is 15.6 Å². The molecule has 6 heteroatoms. The zero-order valence-electron chi connectivity index (χ0n) is 8.40. The molecule has 0 amide bonds. The summed E-state index contributed by atoms with van der Waals surface area (Å²) in [5.74, 6) is 0.409. The van der Waals surface area contributed by atoms with E-state index in [9.17, 15) is 9.59 Å².